The van der Waals surface area contributed by atoms with Gasteiger partial charge in [-0.25, -0.2) is 10.1 Å². The van der Waals surface area contributed by atoms with Gasteiger partial charge in [0, 0.05) is 5.56 Å². The SMILES string of the molecule is CCCc1c(C(=O)N/N=C(/C)c2ccc(OC)c(OC)c2)nnn1-c1nonc1N. The first-order valence-electron chi connectivity index (χ1n) is 9.10. The van der Waals surface area contributed by atoms with Crippen LogP contribution in [0, 0.1) is 0 Å². The number of aromatic nitrogens is 5. The Kier molecular flexibility index (Phi) is 6.25. The lowest BCUT2D eigenvalue weighted by atomic mass is 10.1. The average molecular weight is 414 g/mol. The van der Waals surface area contributed by atoms with Crippen molar-refractivity contribution in [3.05, 3.63) is 35.2 Å². The summed E-state index contributed by atoms with van der Waals surface area (Å²) in [6.07, 6.45) is 1.26. The molecule has 12 nitrogen and oxygen atoms in total. The Morgan fingerprint density at radius 1 is 1.27 bits per heavy atom. The van der Waals surface area contributed by atoms with Crippen LogP contribution in [0.1, 0.15) is 42.0 Å². The first-order chi connectivity index (χ1) is 14.5. The Labute approximate surface area is 172 Å². The van der Waals surface area contributed by atoms with Crippen LogP contribution < -0.4 is 20.6 Å². The minimum Gasteiger partial charge on any atom is -0.493 e. The van der Waals surface area contributed by atoms with E-state index in [2.05, 4.69) is 35.8 Å². The highest BCUT2D eigenvalue weighted by Crippen LogP contribution is 2.27. The van der Waals surface area contributed by atoms with Gasteiger partial charge in [-0.2, -0.15) is 9.78 Å². The highest BCUT2D eigenvalue weighted by Gasteiger charge is 2.23. The van der Waals surface area contributed by atoms with E-state index in [0.29, 0.717) is 29.3 Å². The van der Waals surface area contributed by atoms with Crippen molar-refractivity contribution >= 4 is 17.4 Å². The monoisotopic (exact) mass is 414 g/mol. The Bertz CT molecular complexity index is 1070. The molecule has 2 aromatic heterocycles. The molecule has 1 amide bonds. The highest BCUT2D eigenvalue weighted by atomic mass is 16.6. The number of nitrogens with zero attached hydrogens (tertiary/aromatic N) is 6. The largest absolute Gasteiger partial charge is 0.493 e. The second kappa shape index (κ2) is 9.03. The molecule has 0 aliphatic carbocycles. The fraction of sp³-hybridized carbons (Fsp3) is 0.333. The molecule has 0 aliphatic heterocycles. The van der Waals surface area contributed by atoms with Crippen LogP contribution in [0.2, 0.25) is 0 Å². The average Bonchev–Trinajstić information content (AvgIpc) is 3.37. The van der Waals surface area contributed by atoms with Crippen LogP contribution in [-0.2, 0) is 6.42 Å². The van der Waals surface area contributed by atoms with Gasteiger partial charge in [0.2, 0.25) is 11.6 Å². The van der Waals surface area contributed by atoms with E-state index in [4.69, 9.17) is 15.2 Å². The van der Waals surface area contributed by atoms with Gasteiger partial charge in [0.1, 0.15) is 0 Å². The minimum atomic E-state index is -0.514. The minimum absolute atomic E-state index is 0.0477. The van der Waals surface area contributed by atoms with E-state index in [9.17, 15) is 4.79 Å². The number of ether oxygens (including phenoxy) is 2. The molecule has 2 heterocycles. The van der Waals surface area contributed by atoms with Gasteiger partial charge in [-0.15, -0.1) is 5.10 Å². The molecule has 0 saturated heterocycles. The number of nitrogen functional groups attached to an aromatic ring is 1. The van der Waals surface area contributed by atoms with Gasteiger partial charge in [-0.05, 0) is 41.9 Å². The molecule has 0 saturated carbocycles. The topological polar surface area (TPSA) is 156 Å². The highest BCUT2D eigenvalue weighted by molar-refractivity contribution is 6.01. The van der Waals surface area contributed by atoms with Crippen molar-refractivity contribution in [3.8, 4) is 17.3 Å². The molecule has 158 valence electrons. The molecule has 3 N–H and O–H groups in total. The summed E-state index contributed by atoms with van der Waals surface area (Å²) in [7, 11) is 3.11. The molecule has 0 aliphatic rings. The van der Waals surface area contributed by atoms with E-state index in [1.54, 1.807) is 33.3 Å². The summed E-state index contributed by atoms with van der Waals surface area (Å²) in [5.41, 5.74) is 10.2. The molecule has 0 unspecified atom stereocenters. The van der Waals surface area contributed by atoms with Crippen LogP contribution in [0.25, 0.3) is 5.82 Å². The Morgan fingerprint density at radius 2 is 2.03 bits per heavy atom. The van der Waals surface area contributed by atoms with Gasteiger partial charge >= 0.3 is 0 Å². The second-order valence-corrected chi connectivity index (χ2v) is 6.23. The lowest BCUT2D eigenvalue weighted by Crippen LogP contribution is -2.21. The fourth-order valence-electron chi connectivity index (χ4n) is 2.76. The van der Waals surface area contributed by atoms with Crippen molar-refractivity contribution in [3.63, 3.8) is 0 Å². The smallest absolute Gasteiger partial charge is 0.293 e. The zero-order valence-corrected chi connectivity index (χ0v) is 17.0. The maximum atomic E-state index is 12.7. The van der Waals surface area contributed by atoms with Crippen molar-refractivity contribution in [2.24, 2.45) is 5.10 Å². The van der Waals surface area contributed by atoms with Gasteiger partial charge in [0.25, 0.3) is 5.91 Å². The van der Waals surface area contributed by atoms with Crippen LogP contribution in [0.15, 0.2) is 27.9 Å². The predicted molar refractivity (Wildman–Crippen MR) is 107 cm³/mol. The van der Waals surface area contributed by atoms with Gasteiger partial charge in [0.15, 0.2) is 17.2 Å². The van der Waals surface area contributed by atoms with E-state index in [0.717, 1.165) is 12.0 Å². The zero-order chi connectivity index (χ0) is 21.7. The molecule has 30 heavy (non-hydrogen) atoms. The summed E-state index contributed by atoms with van der Waals surface area (Å²) in [4.78, 5) is 12.7. The van der Waals surface area contributed by atoms with Gasteiger partial charge in [-0.1, -0.05) is 18.6 Å². The number of nitrogens with two attached hydrogens (primary N) is 1. The number of nitrogens with one attached hydrogen (secondary N) is 1. The lowest BCUT2D eigenvalue weighted by Gasteiger charge is -2.09. The summed E-state index contributed by atoms with van der Waals surface area (Å²) >= 11 is 0. The number of amides is 1. The second-order valence-electron chi connectivity index (χ2n) is 6.23. The van der Waals surface area contributed by atoms with Crippen molar-refractivity contribution in [2.75, 3.05) is 20.0 Å². The normalized spacial score (nSPS) is 11.4. The van der Waals surface area contributed by atoms with E-state index >= 15 is 0 Å². The molecule has 12 heteroatoms. The Morgan fingerprint density at radius 3 is 2.67 bits per heavy atom. The van der Waals surface area contributed by atoms with E-state index in [1.807, 2.05) is 13.0 Å². The molecule has 0 atom stereocenters. The van der Waals surface area contributed by atoms with Crippen LogP contribution in [0.4, 0.5) is 5.82 Å². The molecule has 0 bridgehead atoms. The Balaban J connectivity index is 1.84. The predicted octanol–water partition coefficient (Wildman–Crippen LogP) is 1.36. The molecule has 3 aromatic rings. The van der Waals surface area contributed by atoms with E-state index in [1.165, 1.54) is 4.68 Å². The van der Waals surface area contributed by atoms with Gasteiger partial charge in [-0.3, -0.25) is 4.79 Å². The molecular formula is C18H22N8O4. The number of rotatable bonds is 8. The quantitative estimate of drug-likeness (QED) is 0.410. The van der Waals surface area contributed by atoms with Crippen LogP contribution in [0.3, 0.4) is 0 Å². The van der Waals surface area contributed by atoms with Gasteiger partial charge < -0.3 is 15.2 Å². The summed E-state index contributed by atoms with van der Waals surface area (Å²) < 4.78 is 16.5. The summed E-state index contributed by atoms with van der Waals surface area (Å²) in [6.45, 7) is 3.72. The first-order valence-corrected chi connectivity index (χ1v) is 9.10. The number of benzene rings is 1. The third kappa shape index (κ3) is 4.06. The van der Waals surface area contributed by atoms with E-state index in [-0.39, 0.29) is 17.3 Å². The maximum absolute atomic E-state index is 12.7. The van der Waals surface area contributed by atoms with Crippen LogP contribution in [-0.4, -0.2) is 51.1 Å². The van der Waals surface area contributed by atoms with Crippen LogP contribution in [0.5, 0.6) is 11.5 Å². The Hall–Kier alpha value is -3.96. The molecule has 1 aromatic carbocycles. The van der Waals surface area contributed by atoms with Crippen molar-refractivity contribution in [1.82, 2.24) is 30.7 Å². The number of carbonyl (C=O) groups is 1. The molecule has 0 radical (unpaired) electrons. The number of hydrazone groups is 1. The zero-order valence-electron chi connectivity index (χ0n) is 17.0. The molecule has 3 rings (SSSR count). The van der Waals surface area contributed by atoms with Gasteiger partial charge in [0.05, 0.1) is 25.6 Å². The first kappa shape index (κ1) is 20.8. The molecule has 0 spiro atoms. The number of anilines is 1. The molecular weight excluding hydrogens is 392 g/mol. The third-order valence-corrected chi connectivity index (χ3v) is 4.29. The number of carbonyl (C=O) groups excluding carboxylic acids is 1. The lowest BCUT2D eigenvalue weighted by molar-refractivity contribution is 0.0948. The summed E-state index contributed by atoms with van der Waals surface area (Å²) in [5, 5.41) is 19.3. The number of hydrogen-bond donors (Lipinski definition) is 2. The summed E-state index contributed by atoms with van der Waals surface area (Å²) in [5.74, 6) is 0.865. The number of methoxy groups -OCH3 is 2. The van der Waals surface area contributed by atoms with Crippen LogP contribution >= 0.6 is 0 Å². The van der Waals surface area contributed by atoms with Crippen molar-refractivity contribution < 1.29 is 18.9 Å². The third-order valence-electron chi connectivity index (χ3n) is 4.29. The van der Waals surface area contributed by atoms with E-state index < -0.39 is 5.91 Å². The fourth-order valence-corrected chi connectivity index (χ4v) is 2.76. The summed E-state index contributed by atoms with van der Waals surface area (Å²) in [6, 6.07) is 5.34. The molecule has 0 fully saturated rings. The maximum Gasteiger partial charge on any atom is 0.293 e. The van der Waals surface area contributed by atoms with Crippen molar-refractivity contribution in [2.45, 2.75) is 26.7 Å². The standard InChI is InChI=1S/C18H22N8O4/c1-5-6-12-15(21-25-26(12)17-16(19)23-30-24-17)18(27)22-20-10(2)11-7-8-13(28-3)14(9-11)29-4/h7-9H,5-6H2,1-4H3,(H2,19,23)(H,22,27)/b20-10-. The number of hydrogen-bond acceptors (Lipinski definition) is 10. The van der Waals surface area contributed by atoms with Crippen molar-refractivity contribution in [1.29, 1.82) is 0 Å².